The zero-order valence-electron chi connectivity index (χ0n) is 11.6. The van der Waals surface area contributed by atoms with Crippen LogP contribution in [0.15, 0.2) is 42.6 Å². The fourth-order valence-corrected chi connectivity index (χ4v) is 3.82. The number of thiazole rings is 1. The highest BCUT2D eigenvalue weighted by Crippen LogP contribution is 2.31. The molecule has 0 atom stereocenters. The number of benzene rings is 1. The van der Waals surface area contributed by atoms with E-state index < -0.39 is 0 Å². The van der Waals surface area contributed by atoms with Gasteiger partial charge in [0.25, 0.3) is 0 Å². The number of thiophene rings is 1. The van der Waals surface area contributed by atoms with Crippen molar-refractivity contribution in [1.82, 2.24) is 10.3 Å². The molecule has 0 unspecified atom stereocenters. The Labute approximate surface area is 131 Å². The summed E-state index contributed by atoms with van der Waals surface area (Å²) >= 11 is 3.50. The lowest BCUT2D eigenvalue weighted by molar-refractivity contribution is 0.625. The van der Waals surface area contributed by atoms with Gasteiger partial charge >= 0.3 is 0 Å². The van der Waals surface area contributed by atoms with E-state index in [4.69, 9.17) is 0 Å². The van der Waals surface area contributed by atoms with E-state index in [0.29, 0.717) is 6.54 Å². The van der Waals surface area contributed by atoms with E-state index in [2.05, 4.69) is 29.4 Å². The van der Waals surface area contributed by atoms with Gasteiger partial charge in [0.1, 0.15) is 10.8 Å². The Kier molecular flexibility index (Phi) is 4.43. The van der Waals surface area contributed by atoms with E-state index >= 15 is 0 Å². The van der Waals surface area contributed by atoms with Crippen molar-refractivity contribution in [3.05, 3.63) is 63.9 Å². The van der Waals surface area contributed by atoms with Gasteiger partial charge in [-0.25, -0.2) is 9.37 Å². The summed E-state index contributed by atoms with van der Waals surface area (Å²) in [5.41, 5.74) is 1.07. The molecule has 0 saturated carbocycles. The molecule has 0 aliphatic heterocycles. The van der Waals surface area contributed by atoms with E-state index in [1.54, 1.807) is 34.8 Å². The summed E-state index contributed by atoms with van der Waals surface area (Å²) in [5.74, 6) is -0.199. The molecule has 0 amide bonds. The first-order chi connectivity index (χ1) is 10.2. The molecule has 0 spiro atoms. The molecule has 3 rings (SSSR count). The monoisotopic (exact) mass is 318 g/mol. The first kappa shape index (κ1) is 14.4. The standard InChI is InChI=1S/C16H15FN2S2/c1-11-2-7-14(20-11)15-9-19-16(21-15)10-18-8-12-3-5-13(17)6-4-12/h2-7,9,18H,8,10H2,1H3. The van der Waals surface area contributed by atoms with Gasteiger partial charge in [-0.2, -0.15) is 0 Å². The van der Waals surface area contributed by atoms with Gasteiger partial charge in [-0.15, -0.1) is 22.7 Å². The molecule has 0 fully saturated rings. The van der Waals surface area contributed by atoms with E-state index in [9.17, 15) is 4.39 Å². The summed E-state index contributed by atoms with van der Waals surface area (Å²) in [5, 5.41) is 4.40. The maximum Gasteiger partial charge on any atom is 0.123 e. The maximum absolute atomic E-state index is 12.8. The number of rotatable bonds is 5. The minimum atomic E-state index is -0.199. The molecule has 2 aromatic heterocycles. The van der Waals surface area contributed by atoms with Gasteiger partial charge < -0.3 is 5.32 Å². The predicted molar refractivity (Wildman–Crippen MR) is 87.1 cm³/mol. The Morgan fingerprint density at radius 1 is 1.00 bits per heavy atom. The first-order valence-corrected chi connectivity index (χ1v) is 8.31. The molecular formula is C16H15FN2S2. The number of hydrogen-bond acceptors (Lipinski definition) is 4. The molecule has 0 saturated heterocycles. The third kappa shape index (κ3) is 3.75. The molecule has 1 N–H and O–H groups in total. The van der Waals surface area contributed by atoms with Crippen LogP contribution in [-0.4, -0.2) is 4.98 Å². The van der Waals surface area contributed by atoms with Crippen LogP contribution in [0.4, 0.5) is 4.39 Å². The van der Waals surface area contributed by atoms with Crippen molar-refractivity contribution in [3.8, 4) is 9.75 Å². The number of aryl methyl sites for hydroxylation is 1. The van der Waals surface area contributed by atoms with Crippen molar-refractivity contribution in [2.45, 2.75) is 20.0 Å². The SMILES string of the molecule is Cc1ccc(-c2cnc(CNCc3ccc(F)cc3)s2)s1. The van der Waals surface area contributed by atoms with E-state index in [0.717, 1.165) is 17.1 Å². The van der Waals surface area contributed by atoms with Gasteiger partial charge in [0.2, 0.25) is 0 Å². The quantitative estimate of drug-likeness (QED) is 0.743. The van der Waals surface area contributed by atoms with Crippen LogP contribution in [0.1, 0.15) is 15.4 Å². The van der Waals surface area contributed by atoms with Gasteiger partial charge in [-0.05, 0) is 36.8 Å². The Morgan fingerprint density at radius 3 is 2.52 bits per heavy atom. The smallest absolute Gasteiger partial charge is 0.123 e. The normalized spacial score (nSPS) is 11.0. The molecule has 5 heteroatoms. The summed E-state index contributed by atoms with van der Waals surface area (Å²) < 4.78 is 12.8. The van der Waals surface area contributed by atoms with Crippen LogP contribution in [0.5, 0.6) is 0 Å². The van der Waals surface area contributed by atoms with E-state index in [1.807, 2.05) is 6.20 Å². The number of halogens is 1. The molecule has 1 aromatic carbocycles. The average molecular weight is 318 g/mol. The lowest BCUT2D eigenvalue weighted by atomic mass is 10.2. The maximum atomic E-state index is 12.8. The van der Waals surface area contributed by atoms with Crippen molar-refractivity contribution in [3.63, 3.8) is 0 Å². The second-order valence-electron chi connectivity index (χ2n) is 4.76. The van der Waals surface area contributed by atoms with Crippen LogP contribution in [0.2, 0.25) is 0 Å². The van der Waals surface area contributed by atoms with Gasteiger partial charge in [0.15, 0.2) is 0 Å². The van der Waals surface area contributed by atoms with Crippen LogP contribution in [0.25, 0.3) is 9.75 Å². The summed E-state index contributed by atoms with van der Waals surface area (Å²) in [4.78, 5) is 8.25. The average Bonchev–Trinajstić information content (AvgIpc) is 3.10. The summed E-state index contributed by atoms with van der Waals surface area (Å²) in [6.07, 6.45) is 1.94. The molecule has 3 aromatic rings. The van der Waals surface area contributed by atoms with Gasteiger partial charge in [-0.3, -0.25) is 0 Å². The number of nitrogens with zero attached hydrogens (tertiary/aromatic N) is 1. The highest BCUT2D eigenvalue weighted by molar-refractivity contribution is 7.21. The lowest BCUT2D eigenvalue weighted by Gasteiger charge is -2.02. The fourth-order valence-electron chi connectivity index (χ4n) is 1.99. The molecule has 2 heterocycles. The highest BCUT2D eigenvalue weighted by Gasteiger charge is 2.06. The largest absolute Gasteiger partial charge is 0.306 e. The number of nitrogens with one attached hydrogen (secondary N) is 1. The highest BCUT2D eigenvalue weighted by atomic mass is 32.1. The van der Waals surface area contributed by atoms with Crippen LogP contribution >= 0.6 is 22.7 Å². The van der Waals surface area contributed by atoms with Crippen LogP contribution in [0.3, 0.4) is 0 Å². The van der Waals surface area contributed by atoms with Gasteiger partial charge in [-0.1, -0.05) is 12.1 Å². The lowest BCUT2D eigenvalue weighted by Crippen LogP contribution is -2.12. The Morgan fingerprint density at radius 2 is 1.81 bits per heavy atom. The predicted octanol–water partition coefficient (Wildman–Crippen LogP) is 4.61. The zero-order chi connectivity index (χ0) is 14.7. The second kappa shape index (κ2) is 6.47. The van der Waals surface area contributed by atoms with Crippen molar-refractivity contribution in [2.24, 2.45) is 0 Å². The minimum Gasteiger partial charge on any atom is -0.306 e. The third-order valence-corrected chi connectivity index (χ3v) is 5.25. The van der Waals surface area contributed by atoms with Crippen molar-refractivity contribution < 1.29 is 4.39 Å². The van der Waals surface area contributed by atoms with Crippen molar-refractivity contribution in [2.75, 3.05) is 0 Å². The molecule has 0 aliphatic carbocycles. The van der Waals surface area contributed by atoms with Crippen molar-refractivity contribution in [1.29, 1.82) is 0 Å². The molecule has 21 heavy (non-hydrogen) atoms. The molecular weight excluding hydrogens is 303 g/mol. The topological polar surface area (TPSA) is 24.9 Å². The molecule has 0 radical (unpaired) electrons. The second-order valence-corrected chi connectivity index (χ2v) is 7.16. The van der Waals surface area contributed by atoms with Crippen LogP contribution in [-0.2, 0) is 13.1 Å². The van der Waals surface area contributed by atoms with Gasteiger partial charge in [0.05, 0.1) is 4.88 Å². The number of hydrogen-bond donors (Lipinski definition) is 1. The molecule has 2 nitrogen and oxygen atoms in total. The number of aromatic nitrogens is 1. The van der Waals surface area contributed by atoms with Crippen molar-refractivity contribution >= 4 is 22.7 Å². The first-order valence-electron chi connectivity index (χ1n) is 6.67. The zero-order valence-corrected chi connectivity index (χ0v) is 13.2. The van der Waals surface area contributed by atoms with Crippen LogP contribution < -0.4 is 5.32 Å². The minimum absolute atomic E-state index is 0.199. The molecule has 108 valence electrons. The Bertz CT molecular complexity index is 716. The Hall–Kier alpha value is -1.56. The molecule has 0 aliphatic rings. The van der Waals surface area contributed by atoms with E-state index in [1.165, 1.54) is 26.8 Å². The summed E-state index contributed by atoms with van der Waals surface area (Å²) in [6, 6.07) is 10.8. The Balaban J connectivity index is 1.56. The fraction of sp³-hybridized carbons (Fsp3) is 0.188. The molecule has 0 bridgehead atoms. The van der Waals surface area contributed by atoms with E-state index in [-0.39, 0.29) is 5.82 Å². The van der Waals surface area contributed by atoms with Crippen LogP contribution in [0, 0.1) is 12.7 Å². The van der Waals surface area contributed by atoms with Gasteiger partial charge in [0, 0.05) is 29.0 Å². The summed E-state index contributed by atoms with van der Waals surface area (Å²) in [7, 11) is 0. The third-order valence-electron chi connectivity index (χ3n) is 3.06. The summed E-state index contributed by atoms with van der Waals surface area (Å²) in [6.45, 7) is 3.56.